The van der Waals surface area contributed by atoms with Gasteiger partial charge in [-0.15, -0.1) is 0 Å². The number of carbonyl (C=O) groups is 1. The van der Waals surface area contributed by atoms with Gasteiger partial charge in [-0.2, -0.15) is 5.10 Å². The van der Waals surface area contributed by atoms with Gasteiger partial charge in [-0.1, -0.05) is 13.0 Å². The number of anilines is 1. The Morgan fingerprint density at radius 2 is 2.14 bits per heavy atom. The number of amides is 1. The van der Waals surface area contributed by atoms with E-state index in [1.54, 1.807) is 10.9 Å². The molecule has 2 N–H and O–H groups in total. The van der Waals surface area contributed by atoms with Crippen molar-refractivity contribution in [1.82, 2.24) is 14.8 Å². The van der Waals surface area contributed by atoms with E-state index in [4.69, 9.17) is 5.41 Å². The van der Waals surface area contributed by atoms with Crippen molar-refractivity contribution in [3.8, 4) is 11.4 Å². The fourth-order valence-electron chi connectivity index (χ4n) is 2.67. The first-order valence-corrected chi connectivity index (χ1v) is 7.44. The van der Waals surface area contributed by atoms with E-state index in [1.165, 1.54) is 0 Å². The normalized spacial score (nSPS) is 18.9. The highest BCUT2D eigenvalue weighted by Crippen LogP contribution is 2.27. The smallest absolute Gasteiger partial charge is 0.227 e. The largest absolute Gasteiger partial charge is 0.323 e. The summed E-state index contributed by atoms with van der Waals surface area (Å²) < 4.78 is 1.70. The average Bonchev–Trinajstić information content (AvgIpc) is 2.87. The summed E-state index contributed by atoms with van der Waals surface area (Å²) in [5.41, 5.74) is 3.33. The molecule has 0 saturated carbocycles. The number of carbonyl (C=O) groups excluding carboxylic acids is 1. The topological polar surface area (TPSA) is 83.7 Å². The molecule has 22 heavy (non-hydrogen) atoms. The van der Waals surface area contributed by atoms with Crippen molar-refractivity contribution in [3.63, 3.8) is 0 Å². The SMILES string of the molecule is C[C@@H]1CCCC(=N)c2cccc(n2)-c2c(cnn2C)NC1=O. The van der Waals surface area contributed by atoms with Gasteiger partial charge in [0, 0.05) is 13.0 Å². The lowest BCUT2D eigenvalue weighted by Gasteiger charge is -2.15. The van der Waals surface area contributed by atoms with Crippen molar-refractivity contribution in [1.29, 1.82) is 5.41 Å². The van der Waals surface area contributed by atoms with E-state index in [2.05, 4.69) is 15.4 Å². The number of hydrogen-bond donors (Lipinski definition) is 2. The lowest BCUT2D eigenvalue weighted by molar-refractivity contribution is -0.119. The quantitative estimate of drug-likeness (QED) is 0.784. The zero-order valence-electron chi connectivity index (χ0n) is 12.8. The second-order valence-electron chi connectivity index (χ2n) is 5.70. The van der Waals surface area contributed by atoms with Gasteiger partial charge in [0.25, 0.3) is 0 Å². The van der Waals surface area contributed by atoms with Crippen molar-refractivity contribution in [3.05, 3.63) is 30.1 Å². The third kappa shape index (κ3) is 2.64. The predicted octanol–water partition coefficient (Wildman–Crippen LogP) is 2.61. The van der Waals surface area contributed by atoms with Crippen LogP contribution in [0.1, 0.15) is 31.9 Å². The Labute approximate surface area is 129 Å². The molecule has 6 nitrogen and oxygen atoms in total. The number of pyridine rings is 1. The number of nitrogens with one attached hydrogen (secondary N) is 2. The van der Waals surface area contributed by atoms with Gasteiger partial charge in [-0.3, -0.25) is 9.48 Å². The minimum absolute atomic E-state index is 0.0162. The van der Waals surface area contributed by atoms with Crippen molar-refractivity contribution in [2.24, 2.45) is 13.0 Å². The highest BCUT2D eigenvalue weighted by atomic mass is 16.1. The number of nitrogens with zero attached hydrogens (tertiary/aromatic N) is 3. The maximum absolute atomic E-state index is 12.3. The minimum atomic E-state index is -0.0911. The van der Waals surface area contributed by atoms with E-state index in [-0.39, 0.29) is 11.8 Å². The maximum Gasteiger partial charge on any atom is 0.227 e. The van der Waals surface area contributed by atoms with Gasteiger partial charge < -0.3 is 10.7 Å². The molecule has 2 aromatic rings. The Balaban J connectivity index is 2.12. The zero-order chi connectivity index (χ0) is 15.7. The monoisotopic (exact) mass is 297 g/mol. The fraction of sp³-hybridized carbons (Fsp3) is 0.375. The van der Waals surface area contributed by atoms with Crippen LogP contribution in [0.3, 0.4) is 0 Å². The molecule has 1 aliphatic heterocycles. The van der Waals surface area contributed by atoms with Crippen LogP contribution in [0.25, 0.3) is 11.4 Å². The molecule has 0 aromatic carbocycles. The van der Waals surface area contributed by atoms with Gasteiger partial charge in [-0.05, 0) is 31.4 Å². The van der Waals surface area contributed by atoms with E-state index in [9.17, 15) is 4.79 Å². The summed E-state index contributed by atoms with van der Waals surface area (Å²) in [5, 5.41) is 15.4. The third-order valence-electron chi connectivity index (χ3n) is 4.01. The Bertz CT molecular complexity index is 734. The van der Waals surface area contributed by atoms with Crippen LogP contribution in [-0.2, 0) is 11.8 Å². The lowest BCUT2D eigenvalue weighted by atomic mass is 10.00. The van der Waals surface area contributed by atoms with Gasteiger partial charge >= 0.3 is 0 Å². The molecule has 0 aliphatic carbocycles. The van der Waals surface area contributed by atoms with Crippen molar-refractivity contribution in [2.75, 3.05) is 5.32 Å². The summed E-state index contributed by atoms with van der Waals surface area (Å²) in [5.74, 6) is -0.107. The summed E-state index contributed by atoms with van der Waals surface area (Å²) >= 11 is 0. The maximum atomic E-state index is 12.3. The van der Waals surface area contributed by atoms with Crippen LogP contribution >= 0.6 is 0 Å². The molecule has 0 radical (unpaired) electrons. The number of aromatic nitrogens is 3. The molecule has 1 amide bonds. The Hall–Kier alpha value is -2.50. The summed E-state index contributed by atoms with van der Waals surface area (Å²) in [6.07, 6.45) is 3.83. The van der Waals surface area contributed by atoms with Crippen LogP contribution in [0.5, 0.6) is 0 Å². The summed E-state index contributed by atoms with van der Waals surface area (Å²) in [4.78, 5) is 16.9. The van der Waals surface area contributed by atoms with Crippen molar-refractivity contribution < 1.29 is 4.79 Å². The first kappa shape index (κ1) is 14.4. The van der Waals surface area contributed by atoms with Gasteiger partial charge in [0.05, 0.1) is 29.0 Å². The molecular weight excluding hydrogens is 278 g/mol. The first-order valence-electron chi connectivity index (χ1n) is 7.44. The molecule has 114 valence electrons. The van der Waals surface area contributed by atoms with E-state index in [0.717, 1.165) is 18.5 Å². The molecule has 0 saturated heterocycles. The molecule has 0 fully saturated rings. The number of rotatable bonds is 0. The van der Waals surface area contributed by atoms with Crippen LogP contribution in [0.15, 0.2) is 24.4 Å². The summed E-state index contributed by atoms with van der Waals surface area (Å²) in [6.45, 7) is 1.91. The van der Waals surface area contributed by atoms with E-state index >= 15 is 0 Å². The van der Waals surface area contributed by atoms with E-state index in [0.29, 0.717) is 29.2 Å². The van der Waals surface area contributed by atoms with Gasteiger partial charge in [0.1, 0.15) is 5.69 Å². The number of hydrogen-bond acceptors (Lipinski definition) is 4. The molecular formula is C16H19N5O. The molecule has 2 aromatic heterocycles. The Morgan fingerprint density at radius 1 is 1.36 bits per heavy atom. The lowest BCUT2D eigenvalue weighted by Crippen LogP contribution is -2.21. The molecule has 1 atom stereocenters. The van der Waals surface area contributed by atoms with Gasteiger partial charge in [-0.25, -0.2) is 4.98 Å². The Morgan fingerprint density at radius 3 is 2.95 bits per heavy atom. The van der Waals surface area contributed by atoms with Crippen LogP contribution < -0.4 is 5.32 Å². The molecule has 2 bridgehead atoms. The predicted molar refractivity (Wildman–Crippen MR) is 84.9 cm³/mol. The first-order chi connectivity index (χ1) is 10.6. The van der Waals surface area contributed by atoms with E-state index < -0.39 is 0 Å². The van der Waals surface area contributed by atoms with Gasteiger partial charge in [0.2, 0.25) is 5.91 Å². The standard InChI is InChI=1S/C16H19N5O/c1-10-5-3-6-11(17)12-7-4-8-13(19-12)15-14(20-16(10)22)9-18-21(15)2/h4,7-10,17H,3,5-6H2,1-2H3,(H,20,22)/t10-/m1/s1. The number of fused-ring (bicyclic) bond motifs is 4. The van der Waals surface area contributed by atoms with Gasteiger partial charge in [0.15, 0.2) is 0 Å². The highest BCUT2D eigenvalue weighted by Gasteiger charge is 2.20. The molecule has 0 unspecified atom stereocenters. The van der Waals surface area contributed by atoms with Crippen molar-refractivity contribution in [2.45, 2.75) is 26.2 Å². The summed E-state index contributed by atoms with van der Waals surface area (Å²) in [7, 11) is 1.82. The molecule has 3 rings (SSSR count). The van der Waals surface area contributed by atoms with Crippen LogP contribution in [0, 0.1) is 11.3 Å². The van der Waals surface area contributed by atoms with Crippen LogP contribution in [-0.4, -0.2) is 26.4 Å². The van der Waals surface area contributed by atoms with Crippen LogP contribution in [0.4, 0.5) is 5.69 Å². The summed E-state index contributed by atoms with van der Waals surface area (Å²) in [6, 6.07) is 5.62. The fourth-order valence-corrected chi connectivity index (χ4v) is 2.67. The third-order valence-corrected chi connectivity index (χ3v) is 4.01. The highest BCUT2D eigenvalue weighted by molar-refractivity contribution is 5.98. The second kappa shape index (κ2) is 5.71. The van der Waals surface area contributed by atoms with E-state index in [1.807, 2.05) is 32.2 Å². The van der Waals surface area contributed by atoms with Crippen molar-refractivity contribution >= 4 is 17.3 Å². The second-order valence-corrected chi connectivity index (χ2v) is 5.70. The molecule has 0 spiro atoms. The molecule has 1 aliphatic rings. The average molecular weight is 297 g/mol. The Kier molecular flexibility index (Phi) is 3.75. The molecule has 6 heteroatoms. The molecule has 3 heterocycles. The minimum Gasteiger partial charge on any atom is -0.323 e. The number of aryl methyl sites for hydroxylation is 1. The zero-order valence-corrected chi connectivity index (χ0v) is 12.8. The van der Waals surface area contributed by atoms with Crippen LogP contribution in [0.2, 0.25) is 0 Å².